The molecule has 0 saturated heterocycles. The van der Waals surface area contributed by atoms with Gasteiger partial charge in [0, 0.05) is 12.8 Å². The monoisotopic (exact) mass is 245 g/mol. The molecule has 0 spiro atoms. The summed E-state index contributed by atoms with van der Waals surface area (Å²) in [6.45, 7) is 1.92. The molecule has 0 heterocycles. The van der Waals surface area contributed by atoms with Crippen LogP contribution in [0.4, 0.5) is 5.69 Å². The largest absolute Gasteiger partial charge is 0.508 e. The molecule has 6 heteroatoms. The van der Waals surface area contributed by atoms with E-state index in [0.717, 1.165) is 5.56 Å². The molecule has 0 radical (unpaired) electrons. The fourth-order valence-corrected chi connectivity index (χ4v) is 1.75. The Morgan fingerprint density at radius 1 is 1.50 bits per heavy atom. The van der Waals surface area contributed by atoms with Gasteiger partial charge in [-0.05, 0) is 30.2 Å². The summed E-state index contributed by atoms with van der Waals surface area (Å²) >= 11 is 0. The standard InChI is InChI=1S/C10H16NO4P/c1-3-8-6-9(4-5-10(8)12)11-7-16(13,14)15-2/h4-6,11-12H,3,7H2,1-2H3,(H,13,14). The van der Waals surface area contributed by atoms with Crippen LogP contribution in [0, 0.1) is 0 Å². The molecule has 1 unspecified atom stereocenters. The van der Waals surface area contributed by atoms with Crippen LogP contribution in [0.5, 0.6) is 5.75 Å². The highest BCUT2D eigenvalue weighted by atomic mass is 31.2. The molecule has 0 fully saturated rings. The highest BCUT2D eigenvalue weighted by Crippen LogP contribution is 2.40. The predicted octanol–water partition coefficient (Wildman–Crippen LogP) is 2.16. The third-order valence-corrected chi connectivity index (χ3v) is 3.36. The number of anilines is 1. The van der Waals surface area contributed by atoms with Crippen molar-refractivity contribution in [2.24, 2.45) is 0 Å². The van der Waals surface area contributed by atoms with Crippen molar-refractivity contribution in [1.29, 1.82) is 0 Å². The lowest BCUT2D eigenvalue weighted by atomic mass is 10.1. The summed E-state index contributed by atoms with van der Waals surface area (Å²) in [4.78, 5) is 9.19. The Bertz CT molecular complexity index is 408. The van der Waals surface area contributed by atoms with Crippen molar-refractivity contribution in [1.82, 2.24) is 0 Å². The molecule has 0 bridgehead atoms. The van der Waals surface area contributed by atoms with E-state index in [-0.39, 0.29) is 12.0 Å². The zero-order chi connectivity index (χ0) is 12.2. The van der Waals surface area contributed by atoms with Gasteiger partial charge >= 0.3 is 7.60 Å². The molecule has 5 nitrogen and oxygen atoms in total. The Balaban J connectivity index is 2.72. The molecule has 1 aromatic carbocycles. The first-order valence-electron chi connectivity index (χ1n) is 4.92. The van der Waals surface area contributed by atoms with Gasteiger partial charge in [0.2, 0.25) is 0 Å². The number of hydrogen-bond donors (Lipinski definition) is 3. The minimum atomic E-state index is -3.55. The number of phenols is 1. The minimum Gasteiger partial charge on any atom is -0.508 e. The van der Waals surface area contributed by atoms with Crippen molar-refractivity contribution in [3.8, 4) is 5.75 Å². The average molecular weight is 245 g/mol. The SMILES string of the molecule is CCc1cc(NCP(=O)(O)OC)ccc1O. The van der Waals surface area contributed by atoms with Gasteiger partial charge in [-0.3, -0.25) is 4.57 Å². The van der Waals surface area contributed by atoms with Crippen molar-refractivity contribution in [3.63, 3.8) is 0 Å². The van der Waals surface area contributed by atoms with Gasteiger partial charge in [-0.25, -0.2) is 0 Å². The lowest BCUT2D eigenvalue weighted by Crippen LogP contribution is -2.03. The number of nitrogens with one attached hydrogen (secondary N) is 1. The van der Waals surface area contributed by atoms with Crippen molar-refractivity contribution < 1.29 is 19.1 Å². The molecule has 0 aliphatic heterocycles. The second kappa shape index (κ2) is 5.34. The van der Waals surface area contributed by atoms with Crippen molar-refractivity contribution >= 4 is 13.3 Å². The summed E-state index contributed by atoms with van der Waals surface area (Å²) in [5.74, 6) is 0.229. The van der Waals surface area contributed by atoms with E-state index in [1.54, 1.807) is 18.2 Å². The average Bonchev–Trinajstić information content (AvgIpc) is 2.28. The van der Waals surface area contributed by atoms with E-state index in [2.05, 4.69) is 9.84 Å². The minimum absolute atomic E-state index is 0.155. The van der Waals surface area contributed by atoms with Gasteiger partial charge in [-0.1, -0.05) is 6.92 Å². The fourth-order valence-electron chi connectivity index (χ4n) is 1.23. The zero-order valence-corrected chi connectivity index (χ0v) is 10.2. The topological polar surface area (TPSA) is 78.8 Å². The van der Waals surface area contributed by atoms with E-state index in [1.807, 2.05) is 6.92 Å². The molecule has 16 heavy (non-hydrogen) atoms. The Morgan fingerprint density at radius 2 is 2.19 bits per heavy atom. The maximum Gasteiger partial charge on any atom is 0.346 e. The predicted molar refractivity (Wildman–Crippen MR) is 62.8 cm³/mol. The number of benzene rings is 1. The van der Waals surface area contributed by atoms with Crippen LogP contribution in [-0.4, -0.2) is 23.4 Å². The molecule has 0 aliphatic carbocycles. The van der Waals surface area contributed by atoms with E-state index in [0.29, 0.717) is 12.1 Å². The second-order valence-corrected chi connectivity index (χ2v) is 5.31. The molecule has 1 aromatic rings. The summed E-state index contributed by atoms with van der Waals surface area (Å²) in [5.41, 5.74) is 1.47. The number of phenolic OH excluding ortho intramolecular Hbond substituents is 1. The zero-order valence-electron chi connectivity index (χ0n) is 9.30. The molecule has 3 N–H and O–H groups in total. The van der Waals surface area contributed by atoms with Gasteiger partial charge < -0.3 is 19.8 Å². The normalized spacial score (nSPS) is 14.4. The third kappa shape index (κ3) is 3.52. The maximum atomic E-state index is 11.2. The smallest absolute Gasteiger partial charge is 0.346 e. The van der Waals surface area contributed by atoms with E-state index in [9.17, 15) is 14.6 Å². The van der Waals surface area contributed by atoms with Crippen molar-refractivity contribution in [2.75, 3.05) is 18.7 Å². The van der Waals surface area contributed by atoms with Crippen LogP contribution in [0.3, 0.4) is 0 Å². The Hall–Kier alpha value is -1.03. The summed E-state index contributed by atoms with van der Waals surface area (Å²) in [6, 6.07) is 4.94. The van der Waals surface area contributed by atoms with E-state index >= 15 is 0 Å². The highest BCUT2D eigenvalue weighted by Gasteiger charge is 2.16. The van der Waals surface area contributed by atoms with Crippen LogP contribution < -0.4 is 5.32 Å². The van der Waals surface area contributed by atoms with Gasteiger partial charge in [0.15, 0.2) is 0 Å². The number of rotatable bonds is 5. The highest BCUT2D eigenvalue weighted by molar-refractivity contribution is 7.52. The van der Waals surface area contributed by atoms with E-state index in [4.69, 9.17) is 0 Å². The first-order valence-corrected chi connectivity index (χ1v) is 6.68. The molecule has 0 saturated carbocycles. The lowest BCUT2D eigenvalue weighted by molar-refractivity contribution is 0.318. The van der Waals surface area contributed by atoms with E-state index < -0.39 is 7.60 Å². The van der Waals surface area contributed by atoms with Crippen LogP contribution in [0.25, 0.3) is 0 Å². The van der Waals surface area contributed by atoms with Gasteiger partial charge in [0.25, 0.3) is 0 Å². The molecular weight excluding hydrogens is 229 g/mol. The van der Waals surface area contributed by atoms with Gasteiger partial charge in [-0.2, -0.15) is 0 Å². The van der Waals surface area contributed by atoms with Crippen LogP contribution in [0.15, 0.2) is 18.2 Å². The Kier molecular flexibility index (Phi) is 4.35. The molecular formula is C10H16NO4P. The Morgan fingerprint density at radius 3 is 2.75 bits per heavy atom. The quantitative estimate of drug-likeness (QED) is 0.547. The Labute approximate surface area is 94.6 Å². The molecule has 0 aliphatic rings. The molecule has 90 valence electrons. The van der Waals surface area contributed by atoms with Gasteiger partial charge in [0.05, 0.1) is 0 Å². The van der Waals surface area contributed by atoms with Crippen LogP contribution in [0.2, 0.25) is 0 Å². The number of aryl methyl sites for hydroxylation is 1. The maximum absolute atomic E-state index is 11.2. The van der Waals surface area contributed by atoms with Crippen LogP contribution >= 0.6 is 7.60 Å². The lowest BCUT2D eigenvalue weighted by Gasteiger charge is -2.12. The molecule has 1 rings (SSSR count). The van der Waals surface area contributed by atoms with Gasteiger partial charge in [-0.15, -0.1) is 0 Å². The van der Waals surface area contributed by atoms with Crippen molar-refractivity contribution in [3.05, 3.63) is 23.8 Å². The molecule has 1 atom stereocenters. The number of hydrogen-bond acceptors (Lipinski definition) is 4. The second-order valence-electron chi connectivity index (χ2n) is 3.35. The molecule has 0 aromatic heterocycles. The fraction of sp³-hybridized carbons (Fsp3) is 0.400. The van der Waals surface area contributed by atoms with E-state index in [1.165, 1.54) is 7.11 Å². The van der Waals surface area contributed by atoms with Gasteiger partial charge in [0.1, 0.15) is 12.0 Å². The van der Waals surface area contributed by atoms with Crippen LogP contribution in [-0.2, 0) is 15.5 Å². The summed E-state index contributed by atoms with van der Waals surface area (Å²) in [5, 5.41) is 12.2. The third-order valence-electron chi connectivity index (χ3n) is 2.23. The number of aromatic hydroxyl groups is 1. The first kappa shape index (κ1) is 13.0. The summed E-state index contributed by atoms with van der Waals surface area (Å²) in [7, 11) is -2.36. The summed E-state index contributed by atoms with van der Waals surface area (Å²) in [6.07, 6.45) is 0.542. The van der Waals surface area contributed by atoms with Crippen molar-refractivity contribution in [2.45, 2.75) is 13.3 Å². The first-order chi connectivity index (χ1) is 7.48. The van der Waals surface area contributed by atoms with Crippen LogP contribution in [0.1, 0.15) is 12.5 Å². The molecule has 0 amide bonds. The summed E-state index contributed by atoms with van der Waals surface area (Å²) < 4.78 is 15.6.